The van der Waals surface area contributed by atoms with E-state index < -0.39 is 5.97 Å². The van der Waals surface area contributed by atoms with Crippen LogP contribution in [0.4, 0.5) is 11.4 Å². The van der Waals surface area contributed by atoms with Crippen LogP contribution in [0.3, 0.4) is 0 Å². The highest BCUT2D eigenvalue weighted by Gasteiger charge is 2.10. The van der Waals surface area contributed by atoms with E-state index in [0.717, 1.165) is 18.5 Å². The highest BCUT2D eigenvalue weighted by molar-refractivity contribution is 6.31. The molecule has 2 N–H and O–H groups in total. The third kappa shape index (κ3) is 3.52. The lowest BCUT2D eigenvalue weighted by atomic mass is 10.1. The summed E-state index contributed by atoms with van der Waals surface area (Å²) in [5.41, 5.74) is 2.82. The maximum Gasteiger partial charge on any atom is 0.337 e. The third-order valence-corrected chi connectivity index (χ3v) is 3.22. The van der Waals surface area contributed by atoms with Crippen molar-refractivity contribution in [1.29, 1.82) is 0 Å². The SMILES string of the molecule is CCCc1ccc(Nc2ccc(Cl)cc2C(=O)O)cc1. The minimum atomic E-state index is -1.00. The second-order valence-corrected chi connectivity index (χ2v) is 5.00. The van der Waals surface area contributed by atoms with E-state index in [-0.39, 0.29) is 5.56 Å². The predicted molar refractivity (Wildman–Crippen MR) is 82.1 cm³/mol. The topological polar surface area (TPSA) is 49.3 Å². The van der Waals surface area contributed by atoms with Gasteiger partial charge in [-0.1, -0.05) is 37.1 Å². The maximum absolute atomic E-state index is 11.2. The summed E-state index contributed by atoms with van der Waals surface area (Å²) in [7, 11) is 0. The predicted octanol–water partition coefficient (Wildman–Crippen LogP) is 4.73. The molecule has 0 heterocycles. The lowest BCUT2D eigenvalue weighted by molar-refractivity contribution is 0.0698. The quantitative estimate of drug-likeness (QED) is 0.836. The van der Waals surface area contributed by atoms with Gasteiger partial charge >= 0.3 is 5.97 Å². The van der Waals surface area contributed by atoms with Crippen LogP contribution in [-0.2, 0) is 6.42 Å². The van der Waals surface area contributed by atoms with Gasteiger partial charge in [0.1, 0.15) is 0 Å². The van der Waals surface area contributed by atoms with Crippen LogP contribution in [0.25, 0.3) is 0 Å². The molecule has 0 bridgehead atoms. The Kier molecular flexibility index (Phi) is 4.64. The van der Waals surface area contributed by atoms with Gasteiger partial charge in [-0.25, -0.2) is 4.79 Å². The maximum atomic E-state index is 11.2. The number of benzene rings is 2. The second-order valence-electron chi connectivity index (χ2n) is 4.57. The molecule has 0 amide bonds. The average molecular weight is 290 g/mol. The number of aryl methyl sites for hydroxylation is 1. The first-order valence-corrected chi connectivity index (χ1v) is 6.86. The number of nitrogens with one attached hydrogen (secondary N) is 1. The van der Waals surface area contributed by atoms with Crippen molar-refractivity contribution in [2.75, 3.05) is 5.32 Å². The van der Waals surface area contributed by atoms with Crippen LogP contribution in [0, 0.1) is 0 Å². The fourth-order valence-corrected chi connectivity index (χ4v) is 2.17. The van der Waals surface area contributed by atoms with E-state index >= 15 is 0 Å². The van der Waals surface area contributed by atoms with Crippen molar-refractivity contribution in [1.82, 2.24) is 0 Å². The first-order valence-electron chi connectivity index (χ1n) is 6.49. The molecule has 0 spiro atoms. The Labute approximate surface area is 123 Å². The molecule has 3 nitrogen and oxygen atoms in total. The normalized spacial score (nSPS) is 10.3. The first kappa shape index (κ1) is 14.4. The van der Waals surface area contributed by atoms with Crippen LogP contribution in [0.15, 0.2) is 42.5 Å². The number of hydrogen-bond acceptors (Lipinski definition) is 2. The van der Waals surface area contributed by atoms with E-state index in [1.54, 1.807) is 12.1 Å². The van der Waals surface area contributed by atoms with Gasteiger partial charge in [0.15, 0.2) is 0 Å². The number of aromatic carboxylic acids is 1. The molecule has 0 unspecified atom stereocenters. The largest absolute Gasteiger partial charge is 0.478 e. The van der Waals surface area contributed by atoms with Crippen molar-refractivity contribution in [3.63, 3.8) is 0 Å². The molecule has 2 aromatic rings. The van der Waals surface area contributed by atoms with Crippen molar-refractivity contribution in [2.45, 2.75) is 19.8 Å². The standard InChI is InChI=1S/C16H16ClNO2/c1-2-3-11-4-7-13(8-5-11)18-15-9-6-12(17)10-14(15)16(19)20/h4-10,18H,2-3H2,1H3,(H,19,20). The Bertz CT molecular complexity index is 608. The molecule has 20 heavy (non-hydrogen) atoms. The summed E-state index contributed by atoms with van der Waals surface area (Å²) in [4.78, 5) is 11.2. The third-order valence-electron chi connectivity index (χ3n) is 2.98. The van der Waals surface area contributed by atoms with E-state index in [0.29, 0.717) is 10.7 Å². The Morgan fingerprint density at radius 3 is 2.50 bits per heavy atom. The zero-order valence-corrected chi connectivity index (χ0v) is 11.9. The summed E-state index contributed by atoms with van der Waals surface area (Å²) in [5.74, 6) is -1.00. The number of anilines is 2. The minimum Gasteiger partial charge on any atom is -0.478 e. The fraction of sp³-hybridized carbons (Fsp3) is 0.188. The zero-order valence-electron chi connectivity index (χ0n) is 11.2. The van der Waals surface area contributed by atoms with Gasteiger partial charge in [0.2, 0.25) is 0 Å². The Morgan fingerprint density at radius 2 is 1.90 bits per heavy atom. The molecule has 0 aliphatic carbocycles. The van der Waals surface area contributed by atoms with Gasteiger partial charge in [0, 0.05) is 10.7 Å². The lowest BCUT2D eigenvalue weighted by Crippen LogP contribution is -2.02. The van der Waals surface area contributed by atoms with Gasteiger partial charge in [-0.3, -0.25) is 0 Å². The summed E-state index contributed by atoms with van der Waals surface area (Å²) in [5, 5.41) is 12.7. The molecule has 104 valence electrons. The Hall–Kier alpha value is -2.00. The number of carbonyl (C=O) groups is 1. The van der Waals surface area contributed by atoms with E-state index in [9.17, 15) is 9.90 Å². The summed E-state index contributed by atoms with van der Waals surface area (Å²) in [6.45, 7) is 2.14. The Balaban J connectivity index is 2.23. The molecule has 0 aromatic heterocycles. The van der Waals surface area contributed by atoms with Gasteiger partial charge in [-0.05, 0) is 42.3 Å². The molecule has 4 heteroatoms. The highest BCUT2D eigenvalue weighted by Crippen LogP contribution is 2.24. The van der Waals surface area contributed by atoms with E-state index in [1.807, 2.05) is 24.3 Å². The van der Waals surface area contributed by atoms with Crippen LogP contribution in [0.2, 0.25) is 5.02 Å². The zero-order chi connectivity index (χ0) is 14.5. The number of carboxylic acid groups (broad SMARTS) is 1. The van der Waals surface area contributed by atoms with Crippen LogP contribution in [0.5, 0.6) is 0 Å². The number of halogens is 1. The summed E-state index contributed by atoms with van der Waals surface area (Å²) < 4.78 is 0. The van der Waals surface area contributed by atoms with Crippen molar-refractivity contribution in [3.8, 4) is 0 Å². The molecule has 0 saturated carbocycles. The van der Waals surface area contributed by atoms with Gasteiger partial charge < -0.3 is 10.4 Å². The first-order chi connectivity index (χ1) is 9.60. The molecule has 0 saturated heterocycles. The van der Waals surface area contributed by atoms with Gasteiger partial charge in [-0.15, -0.1) is 0 Å². The van der Waals surface area contributed by atoms with Gasteiger partial charge in [0.25, 0.3) is 0 Å². The molecule has 0 fully saturated rings. The molecule has 0 aliphatic heterocycles. The van der Waals surface area contributed by atoms with Crippen LogP contribution < -0.4 is 5.32 Å². The van der Waals surface area contributed by atoms with Crippen molar-refractivity contribution in [2.24, 2.45) is 0 Å². The van der Waals surface area contributed by atoms with Gasteiger partial charge in [0.05, 0.1) is 11.3 Å². The van der Waals surface area contributed by atoms with E-state index in [4.69, 9.17) is 11.6 Å². The monoisotopic (exact) mass is 289 g/mol. The molecular formula is C16H16ClNO2. The van der Waals surface area contributed by atoms with Gasteiger partial charge in [-0.2, -0.15) is 0 Å². The molecule has 2 aromatic carbocycles. The summed E-state index contributed by atoms with van der Waals surface area (Å²) in [6, 6.07) is 12.8. The summed E-state index contributed by atoms with van der Waals surface area (Å²) in [6.07, 6.45) is 2.15. The molecule has 0 atom stereocenters. The Morgan fingerprint density at radius 1 is 1.20 bits per heavy atom. The number of hydrogen-bond donors (Lipinski definition) is 2. The fourth-order valence-electron chi connectivity index (χ4n) is 2.00. The van der Waals surface area contributed by atoms with Crippen LogP contribution in [0.1, 0.15) is 29.3 Å². The molecular weight excluding hydrogens is 274 g/mol. The second kappa shape index (κ2) is 6.44. The average Bonchev–Trinajstić information content (AvgIpc) is 2.43. The number of rotatable bonds is 5. The van der Waals surface area contributed by atoms with Crippen LogP contribution in [-0.4, -0.2) is 11.1 Å². The molecule has 2 rings (SSSR count). The van der Waals surface area contributed by atoms with E-state index in [2.05, 4.69) is 12.2 Å². The molecule has 0 aliphatic rings. The smallest absolute Gasteiger partial charge is 0.337 e. The highest BCUT2D eigenvalue weighted by atomic mass is 35.5. The lowest BCUT2D eigenvalue weighted by Gasteiger charge is -2.10. The van der Waals surface area contributed by atoms with Crippen molar-refractivity contribution >= 4 is 28.9 Å². The van der Waals surface area contributed by atoms with Crippen LogP contribution >= 0.6 is 11.6 Å². The van der Waals surface area contributed by atoms with Crippen molar-refractivity contribution < 1.29 is 9.90 Å². The van der Waals surface area contributed by atoms with E-state index in [1.165, 1.54) is 11.6 Å². The minimum absolute atomic E-state index is 0.162. The molecule has 0 radical (unpaired) electrons. The summed E-state index contributed by atoms with van der Waals surface area (Å²) >= 11 is 5.83. The number of carboxylic acids is 1. The van der Waals surface area contributed by atoms with Crippen molar-refractivity contribution in [3.05, 3.63) is 58.6 Å².